The number of para-hydroxylation sites is 1. The van der Waals surface area contributed by atoms with Crippen molar-refractivity contribution in [2.75, 3.05) is 18.5 Å². The number of carbonyl (C=O) groups is 5. The number of ether oxygens (including phenoxy) is 1. The Morgan fingerprint density at radius 2 is 1.69 bits per heavy atom. The van der Waals surface area contributed by atoms with E-state index in [0.29, 0.717) is 0 Å². The van der Waals surface area contributed by atoms with Crippen LogP contribution in [0.3, 0.4) is 0 Å². The number of amides is 5. The molecule has 2 aromatic carbocycles. The number of hydrogen-bond acceptors (Lipinski definition) is 6. The molecule has 1 heterocycles. The maximum Gasteiger partial charge on any atom is 0.325 e. The summed E-state index contributed by atoms with van der Waals surface area (Å²) in [6.45, 7) is 4.25. The van der Waals surface area contributed by atoms with Crippen LogP contribution in [-0.4, -0.2) is 53.3 Å². The monoisotopic (exact) mass is 480 g/mol. The SMILES string of the molecule is CC(NC(=O)c1ccccc1NC(=O)COC(=O)CCN1C(=O)NC(C)(C)C1=O)c1ccccc1. The van der Waals surface area contributed by atoms with Crippen molar-refractivity contribution in [1.29, 1.82) is 0 Å². The van der Waals surface area contributed by atoms with E-state index >= 15 is 0 Å². The number of nitrogens with one attached hydrogen (secondary N) is 3. The Morgan fingerprint density at radius 1 is 1.03 bits per heavy atom. The van der Waals surface area contributed by atoms with E-state index < -0.39 is 36.0 Å². The third-order valence-corrected chi connectivity index (χ3v) is 5.44. The van der Waals surface area contributed by atoms with E-state index in [1.807, 2.05) is 37.3 Å². The summed E-state index contributed by atoms with van der Waals surface area (Å²) in [5, 5.41) is 7.99. The van der Waals surface area contributed by atoms with Gasteiger partial charge in [0, 0.05) is 6.54 Å². The molecule has 1 aliphatic heterocycles. The highest BCUT2D eigenvalue weighted by atomic mass is 16.5. The average molecular weight is 481 g/mol. The van der Waals surface area contributed by atoms with E-state index in [9.17, 15) is 24.0 Å². The maximum absolute atomic E-state index is 12.8. The van der Waals surface area contributed by atoms with Crippen LogP contribution in [0.2, 0.25) is 0 Å². The van der Waals surface area contributed by atoms with Crippen LogP contribution in [0.4, 0.5) is 10.5 Å². The molecule has 0 aliphatic carbocycles. The first-order chi connectivity index (χ1) is 16.6. The molecule has 0 aromatic heterocycles. The zero-order valence-corrected chi connectivity index (χ0v) is 19.8. The van der Waals surface area contributed by atoms with Gasteiger partial charge in [0.25, 0.3) is 17.7 Å². The molecule has 1 saturated heterocycles. The van der Waals surface area contributed by atoms with Crippen molar-refractivity contribution in [2.24, 2.45) is 0 Å². The summed E-state index contributed by atoms with van der Waals surface area (Å²) in [6.07, 6.45) is -0.251. The number of esters is 1. The van der Waals surface area contributed by atoms with Gasteiger partial charge in [0.05, 0.1) is 23.7 Å². The first-order valence-electron chi connectivity index (χ1n) is 11.1. The Hall–Kier alpha value is -4.21. The first kappa shape index (κ1) is 25.4. The van der Waals surface area contributed by atoms with Crippen LogP contribution in [0.1, 0.15) is 49.2 Å². The van der Waals surface area contributed by atoms with E-state index in [4.69, 9.17) is 4.74 Å². The molecule has 1 unspecified atom stereocenters. The summed E-state index contributed by atoms with van der Waals surface area (Å²) in [4.78, 5) is 62.1. The third-order valence-electron chi connectivity index (χ3n) is 5.44. The third kappa shape index (κ3) is 6.44. The highest BCUT2D eigenvalue weighted by molar-refractivity contribution is 6.07. The fourth-order valence-electron chi connectivity index (χ4n) is 3.52. The van der Waals surface area contributed by atoms with Crippen molar-refractivity contribution < 1.29 is 28.7 Å². The van der Waals surface area contributed by atoms with Crippen molar-refractivity contribution in [1.82, 2.24) is 15.5 Å². The van der Waals surface area contributed by atoms with Crippen LogP contribution in [0.25, 0.3) is 0 Å². The van der Waals surface area contributed by atoms with Crippen molar-refractivity contribution in [3.05, 3.63) is 65.7 Å². The molecular weight excluding hydrogens is 452 g/mol. The minimum atomic E-state index is -1.03. The molecule has 184 valence electrons. The Bertz CT molecular complexity index is 1130. The van der Waals surface area contributed by atoms with Crippen molar-refractivity contribution in [3.8, 4) is 0 Å². The molecule has 10 heteroatoms. The van der Waals surface area contributed by atoms with Gasteiger partial charge in [-0.3, -0.25) is 24.1 Å². The molecule has 2 aromatic rings. The number of rotatable bonds is 9. The Labute approximate surface area is 203 Å². The lowest BCUT2D eigenvalue weighted by molar-refractivity contribution is -0.147. The lowest BCUT2D eigenvalue weighted by Crippen LogP contribution is -2.40. The van der Waals surface area contributed by atoms with Crippen molar-refractivity contribution in [3.63, 3.8) is 0 Å². The molecule has 35 heavy (non-hydrogen) atoms. The first-order valence-corrected chi connectivity index (χ1v) is 11.1. The topological polar surface area (TPSA) is 134 Å². The summed E-state index contributed by atoms with van der Waals surface area (Å²) < 4.78 is 4.96. The van der Waals surface area contributed by atoms with Gasteiger partial charge >= 0.3 is 12.0 Å². The van der Waals surface area contributed by atoms with Gasteiger partial charge < -0.3 is 20.7 Å². The molecule has 1 aliphatic rings. The highest BCUT2D eigenvalue weighted by Gasteiger charge is 2.44. The predicted octanol–water partition coefficient (Wildman–Crippen LogP) is 2.38. The summed E-state index contributed by atoms with van der Waals surface area (Å²) >= 11 is 0. The van der Waals surface area contributed by atoms with Gasteiger partial charge in [0.1, 0.15) is 5.54 Å². The summed E-state index contributed by atoms with van der Waals surface area (Å²) in [5.74, 6) is -2.19. The van der Waals surface area contributed by atoms with Gasteiger partial charge in [-0.15, -0.1) is 0 Å². The number of imide groups is 1. The second kappa shape index (κ2) is 10.8. The molecule has 0 saturated carbocycles. The normalized spacial score (nSPS) is 15.2. The van der Waals surface area contributed by atoms with Crippen LogP contribution < -0.4 is 16.0 Å². The number of urea groups is 1. The number of carbonyl (C=O) groups excluding carboxylic acids is 5. The zero-order chi connectivity index (χ0) is 25.6. The molecule has 5 amide bonds. The van der Waals surface area contributed by atoms with Crippen molar-refractivity contribution in [2.45, 2.75) is 38.8 Å². The molecule has 0 bridgehead atoms. The van der Waals surface area contributed by atoms with E-state index in [1.54, 1.807) is 38.1 Å². The minimum absolute atomic E-state index is 0.156. The predicted molar refractivity (Wildman–Crippen MR) is 127 cm³/mol. The molecule has 0 radical (unpaired) electrons. The van der Waals surface area contributed by atoms with Crippen LogP contribution >= 0.6 is 0 Å². The number of anilines is 1. The summed E-state index contributed by atoms with van der Waals surface area (Å²) in [5.41, 5.74) is 0.439. The largest absolute Gasteiger partial charge is 0.456 e. The molecule has 1 atom stereocenters. The number of hydrogen-bond donors (Lipinski definition) is 3. The van der Waals surface area contributed by atoms with Crippen LogP contribution in [0.5, 0.6) is 0 Å². The quantitative estimate of drug-likeness (QED) is 0.373. The van der Waals surface area contributed by atoms with E-state index in [0.717, 1.165) is 10.5 Å². The second-order valence-corrected chi connectivity index (χ2v) is 8.62. The van der Waals surface area contributed by atoms with E-state index in [-0.39, 0.29) is 36.2 Å². The van der Waals surface area contributed by atoms with Gasteiger partial charge in [-0.25, -0.2) is 4.79 Å². The Kier molecular flexibility index (Phi) is 7.85. The molecule has 10 nitrogen and oxygen atoms in total. The van der Waals surface area contributed by atoms with Crippen LogP contribution in [0, 0.1) is 0 Å². The molecular formula is C25H28N4O6. The maximum atomic E-state index is 12.8. The molecule has 0 spiro atoms. The summed E-state index contributed by atoms with van der Waals surface area (Å²) in [6, 6.07) is 15.1. The van der Waals surface area contributed by atoms with Gasteiger partial charge in [0.2, 0.25) is 0 Å². The van der Waals surface area contributed by atoms with Gasteiger partial charge in [-0.2, -0.15) is 0 Å². The fraction of sp³-hybridized carbons (Fsp3) is 0.320. The zero-order valence-electron chi connectivity index (χ0n) is 19.8. The average Bonchev–Trinajstić information content (AvgIpc) is 3.02. The number of nitrogens with zero attached hydrogens (tertiary/aromatic N) is 1. The van der Waals surface area contributed by atoms with Crippen molar-refractivity contribution >= 4 is 35.4 Å². The molecule has 1 fully saturated rings. The Morgan fingerprint density at radius 3 is 2.34 bits per heavy atom. The fourth-order valence-corrected chi connectivity index (χ4v) is 3.52. The standard InChI is InChI=1S/C25H28N4O6/c1-16(17-9-5-4-6-10-17)26-22(32)18-11-7-8-12-19(18)27-20(30)15-35-21(31)13-14-29-23(33)25(2,3)28-24(29)34/h4-12,16H,13-15H2,1-3H3,(H,26,32)(H,27,30)(H,28,34). The summed E-state index contributed by atoms with van der Waals surface area (Å²) in [7, 11) is 0. The lowest BCUT2D eigenvalue weighted by atomic mass is 10.1. The second-order valence-electron chi connectivity index (χ2n) is 8.62. The van der Waals surface area contributed by atoms with Crippen LogP contribution in [-0.2, 0) is 19.1 Å². The van der Waals surface area contributed by atoms with E-state index in [2.05, 4.69) is 16.0 Å². The molecule has 3 rings (SSSR count). The number of benzene rings is 2. The van der Waals surface area contributed by atoms with Gasteiger partial charge in [0.15, 0.2) is 6.61 Å². The van der Waals surface area contributed by atoms with Crippen LogP contribution in [0.15, 0.2) is 54.6 Å². The minimum Gasteiger partial charge on any atom is -0.456 e. The highest BCUT2D eigenvalue weighted by Crippen LogP contribution is 2.19. The van der Waals surface area contributed by atoms with Gasteiger partial charge in [-0.1, -0.05) is 42.5 Å². The Balaban J connectivity index is 1.50. The smallest absolute Gasteiger partial charge is 0.325 e. The van der Waals surface area contributed by atoms with Gasteiger partial charge in [-0.05, 0) is 38.5 Å². The van der Waals surface area contributed by atoms with E-state index in [1.165, 1.54) is 0 Å². The lowest BCUT2D eigenvalue weighted by Gasteiger charge is -2.16. The molecule has 3 N–H and O–H groups in total.